The quantitative estimate of drug-likeness (QED) is 0.368. The van der Waals surface area contributed by atoms with Gasteiger partial charge in [0, 0.05) is 38.8 Å². The Bertz CT molecular complexity index is 930. The molecule has 0 fully saturated rings. The number of guanidine groups is 1. The smallest absolute Gasteiger partial charge is 0.422 e. The zero-order valence-electron chi connectivity index (χ0n) is 17.9. The van der Waals surface area contributed by atoms with Crippen molar-refractivity contribution in [1.29, 1.82) is 0 Å². The number of fused-ring (bicyclic) bond motifs is 1. The van der Waals surface area contributed by atoms with Crippen LogP contribution in [0, 0.1) is 0 Å². The van der Waals surface area contributed by atoms with Crippen LogP contribution in [0.5, 0.6) is 5.75 Å². The summed E-state index contributed by atoms with van der Waals surface area (Å²) >= 11 is 0. The Morgan fingerprint density at radius 2 is 1.88 bits per heavy atom. The molecule has 0 atom stereocenters. The number of hydrogen-bond donors (Lipinski definition) is 2. The Labute approximate surface area is 185 Å². The third kappa shape index (κ3) is 6.90. The molecule has 3 rings (SSSR count). The van der Waals surface area contributed by atoms with E-state index in [1.165, 1.54) is 17.7 Å². The van der Waals surface area contributed by atoms with Gasteiger partial charge in [0.25, 0.3) is 0 Å². The van der Waals surface area contributed by atoms with Crippen LogP contribution in [0.1, 0.15) is 24.0 Å². The zero-order valence-corrected chi connectivity index (χ0v) is 17.9. The molecule has 2 aromatic carbocycles. The molecule has 0 aromatic heterocycles. The van der Waals surface area contributed by atoms with Gasteiger partial charge in [-0.1, -0.05) is 30.3 Å². The molecule has 0 unspecified atom stereocenters. The molecule has 2 N–H and O–H groups in total. The maximum Gasteiger partial charge on any atom is 0.422 e. The molecular weight excluding hydrogens is 421 g/mol. The Hall–Kier alpha value is -3.23. The van der Waals surface area contributed by atoms with Gasteiger partial charge in [0.1, 0.15) is 5.75 Å². The van der Waals surface area contributed by atoms with Gasteiger partial charge in [0.05, 0.1) is 0 Å². The van der Waals surface area contributed by atoms with Crippen molar-refractivity contribution in [3.05, 3.63) is 59.7 Å². The predicted octanol–water partition coefficient (Wildman–Crippen LogP) is 3.66. The Balaban J connectivity index is 1.36. The van der Waals surface area contributed by atoms with Crippen molar-refractivity contribution in [2.45, 2.75) is 32.0 Å². The fourth-order valence-electron chi connectivity index (χ4n) is 3.45. The second-order valence-corrected chi connectivity index (χ2v) is 7.43. The number of halogens is 3. The van der Waals surface area contributed by atoms with Crippen molar-refractivity contribution in [1.82, 2.24) is 10.6 Å². The van der Waals surface area contributed by atoms with E-state index < -0.39 is 12.8 Å². The number of hydrogen-bond acceptors (Lipinski definition) is 3. The summed E-state index contributed by atoms with van der Waals surface area (Å²) < 4.78 is 41.3. The molecule has 2 aromatic rings. The Morgan fingerprint density at radius 1 is 1.12 bits per heavy atom. The first-order valence-corrected chi connectivity index (χ1v) is 10.5. The molecule has 0 bridgehead atoms. The number of ether oxygens (including phenoxy) is 1. The van der Waals surface area contributed by atoms with E-state index in [-0.39, 0.29) is 11.7 Å². The minimum absolute atomic E-state index is 0.118. The van der Waals surface area contributed by atoms with Crippen LogP contribution in [0.3, 0.4) is 0 Å². The molecule has 9 heteroatoms. The second kappa shape index (κ2) is 10.9. The molecule has 1 aliphatic rings. The number of aliphatic imine (C=N–C) groups is 1. The SMILES string of the molecule is CN=C(NCCCC(=O)N1CCc2ccccc21)NCc1ccc(OCC(F)(F)F)cc1. The van der Waals surface area contributed by atoms with Crippen LogP contribution < -0.4 is 20.3 Å². The number of carbonyl (C=O) groups is 1. The van der Waals surface area contributed by atoms with Gasteiger partial charge in [0.2, 0.25) is 5.91 Å². The zero-order chi connectivity index (χ0) is 23.0. The van der Waals surface area contributed by atoms with Crippen LogP contribution in [0.15, 0.2) is 53.5 Å². The van der Waals surface area contributed by atoms with E-state index in [0.29, 0.717) is 31.9 Å². The second-order valence-electron chi connectivity index (χ2n) is 7.43. The highest BCUT2D eigenvalue weighted by atomic mass is 19.4. The number of alkyl halides is 3. The van der Waals surface area contributed by atoms with Crippen LogP contribution in [0.4, 0.5) is 18.9 Å². The summed E-state index contributed by atoms with van der Waals surface area (Å²) in [6.45, 7) is 0.455. The first kappa shape index (κ1) is 23.4. The minimum atomic E-state index is -4.36. The molecule has 0 saturated carbocycles. The van der Waals surface area contributed by atoms with Gasteiger partial charge in [-0.3, -0.25) is 9.79 Å². The third-order valence-corrected chi connectivity index (χ3v) is 5.06. The van der Waals surface area contributed by atoms with Crippen molar-refractivity contribution < 1.29 is 22.7 Å². The largest absolute Gasteiger partial charge is 0.484 e. The highest BCUT2D eigenvalue weighted by Crippen LogP contribution is 2.28. The first-order valence-electron chi connectivity index (χ1n) is 10.5. The number of rotatable bonds is 8. The van der Waals surface area contributed by atoms with Gasteiger partial charge in [-0.25, -0.2) is 0 Å². The molecule has 172 valence electrons. The number of nitrogens with zero attached hydrogens (tertiary/aromatic N) is 2. The van der Waals surface area contributed by atoms with Gasteiger partial charge in [-0.15, -0.1) is 0 Å². The van der Waals surface area contributed by atoms with Crippen molar-refractivity contribution in [2.24, 2.45) is 4.99 Å². The fraction of sp³-hybridized carbons (Fsp3) is 0.391. The monoisotopic (exact) mass is 448 g/mol. The molecular formula is C23H27F3N4O2. The molecule has 1 heterocycles. The van der Waals surface area contributed by atoms with Gasteiger partial charge in [-0.05, 0) is 42.2 Å². The predicted molar refractivity (Wildman–Crippen MR) is 118 cm³/mol. The lowest BCUT2D eigenvalue weighted by molar-refractivity contribution is -0.153. The lowest BCUT2D eigenvalue weighted by atomic mass is 10.2. The van der Waals surface area contributed by atoms with Crippen LogP contribution in [0.25, 0.3) is 0 Å². The van der Waals surface area contributed by atoms with Crippen LogP contribution in [-0.2, 0) is 17.8 Å². The number of carbonyl (C=O) groups excluding carboxylic acids is 1. The maximum absolute atomic E-state index is 12.5. The summed E-state index contributed by atoms with van der Waals surface area (Å²) in [6, 6.07) is 14.4. The van der Waals surface area contributed by atoms with E-state index in [0.717, 1.165) is 24.2 Å². The first-order chi connectivity index (χ1) is 15.4. The number of amides is 1. The standard InChI is InChI=1S/C23H27F3N4O2/c1-27-22(29-15-17-8-10-19(11-9-17)32-16-23(24,25)26)28-13-4-7-21(31)30-14-12-18-5-2-3-6-20(18)30/h2-3,5-6,8-11H,4,7,12-16H2,1H3,(H2,27,28,29). The Morgan fingerprint density at radius 3 is 2.59 bits per heavy atom. The fourth-order valence-corrected chi connectivity index (χ4v) is 3.45. The summed E-state index contributed by atoms with van der Waals surface area (Å²) in [7, 11) is 1.65. The molecule has 0 saturated heterocycles. The van der Waals surface area contributed by atoms with Crippen molar-refractivity contribution in [3.63, 3.8) is 0 Å². The maximum atomic E-state index is 12.5. The molecule has 0 aliphatic carbocycles. The van der Waals surface area contributed by atoms with Crippen molar-refractivity contribution in [2.75, 3.05) is 31.6 Å². The number of benzene rings is 2. The normalized spacial score (nSPS) is 13.6. The molecule has 0 radical (unpaired) electrons. The molecule has 6 nitrogen and oxygen atoms in total. The van der Waals surface area contributed by atoms with E-state index in [1.54, 1.807) is 19.2 Å². The van der Waals surface area contributed by atoms with Crippen molar-refractivity contribution >= 4 is 17.6 Å². The average Bonchev–Trinajstić information content (AvgIpc) is 3.21. The van der Waals surface area contributed by atoms with E-state index in [9.17, 15) is 18.0 Å². The van der Waals surface area contributed by atoms with E-state index in [4.69, 9.17) is 4.74 Å². The lowest BCUT2D eigenvalue weighted by Gasteiger charge is -2.17. The topological polar surface area (TPSA) is 66.0 Å². The molecule has 32 heavy (non-hydrogen) atoms. The van der Waals surface area contributed by atoms with E-state index in [2.05, 4.69) is 21.7 Å². The molecule has 0 spiro atoms. The van der Waals surface area contributed by atoms with Gasteiger partial charge < -0.3 is 20.3 Å². The van der Waals surface area contributed by atoms with Gasteiger partial charge >= 0.3 is 6.18 Å². The van der Waals surface area contributed by atoms with Crippen LogP contribution in [-0.4, -0.2) is 44.8 Å². The third-order valence-electron chi connectivity index (χ3n) is 5.06. The lowest BCUT2D eigenvalue weighted by Crippen LogP contribution is -2.37. The van der Waals surface area contributed by atoms with Crippen molar-refractivity contribution in [3.8, 4) is 5.75 Å². The highest BCUT2D eigenvalue weighted by Gasteiger charge is 2.28. The van der Waals surface area contributed by atoms with E-state index in [1.807, 2.05) is 23.1 Å². The summed E-state index contributed by atoms with van der Waals surface area (Å²) in [5.74, 6) is 0.868. The molecule has 1 aliphatic heterocycles. The van der Waals surface area contributed by atoms with E-state index >= 15 is 0 Å². The number of nitrogens with one attached hydrogen (secondary N) is 2. The molecule has 1 amide bonds. The number of para-hydroxylation sites is 1. The Kier molecular flexibility index (Phi) is 7.97. The minimum Gasteiger partial charge on any atom is -0.484 e. The highest BCUT2D eigenvalue weighted by molar-refractivity contribution is 5.95. The summed E-state index contributed by atoms with van der Waals surface area (Å²) in [5.41, 5.74) is 3.09. The summed E-state index contributed by atoms with van der Waals surface area (Å²) in [6.07, 6.45) is -2.35. The van der Waals surface area contributed by atoms with Crippen LogP contribution >= 0.6 is 0 Å². The number of anilines is 1. The van der Waals surface area contributed by atoms with Gasteiger partial charge in [0.15, 0.2) is 12.6 Å². The van der Waals surface area contributed by atoms with Gasteiger partial charge in [-0.2, -0.15) is 13.2 Å². The summed E-state index contributed by atoms with van der Waals surface area (Å²) in [4.78, 5) is 18.5. The van der Waals surface area contributed by atoms with Crippen LogP contribution in [0.2, 0.25) is 0 Å². The summed E-state index contributed by atoms with van der Waals surface area (Å²) in [5, 5.41) is 6.31. The average molecular weight is 448 g/mol.